The second-order valence-corrected chi connectivity index (χ2v) is 7.63. The van der Waals surface area contributed by atoms with Crippen LogP contribution in [0.5, 0.6) is 0 Å². The molecule has 1 saturated heterocycles. The summed E-state index contributed by atoms with van der Waals surface area (Å²) in [4.78, 5) is 14.2. The van der Waals surface area contributed by atoms with Crippen molar-refractivity contribution in [3.63, 3.8) is 0 Å². The van der Waals surface area contributed by atoms with Crippen LogP contribution in [0.15, 0.2) is 47.0 Å². The van der Waals surface area contributed by atoms with Crippen molar-refractivity contribution in [1.82, 2.24) is 19.9 Å². The molecule has 1 unspecified atom stereocenters. The molecule has 1 amide bonds. The van der Waals surface area contributed by atoms with Gasteiger partial charge in [0.15, 0.2) is 0 Å². The van der Waals surface area contributed by atoms with Gasteiger partial charge in [-0.2, -0.15) is 0 Å². The number of hydrogen-bond donors (Lipinski definition) is 0. The van der Waals surface area contributed by atoms with Gasteiger partial charge in [-0.15, -0.1) is 5.10 Å². The minimum atomic E-state index is 0.293. The van der Waals surface area contributed by atoms with E-state index in [4.69, 9.17) is 4.42 Å². The SMILES string of the molecule is Cc1ccc(-c2ccccc2-c2cn(CC3CC(=O)N(C4CC4)C3)nn2)o1. The van der Waals surface area contributed by atoms with E-state index in [2.05, 4.69) is 15.2 Å². The predicted molar refractivity (Wildman–Crippen MR) is 101 cm³/mol. The van der Waals surface area contributed by atoms with Crippen LogP contribution in [0.4, 0.5) is 0 Å². The van der Waals surface area contributed by atoms with E-state index in [1.165, 1.54) is 0 Å². The van der Waals surface area contributed by atoms with Crippen molar-refractivity contribution in [1.29, 1.82) is 0 Å². The molecular formula is C21H22N4O2. The van der Waals surface area contributed by atoms with E-state index in [0.29, 0.717) is 24.3 Å². The summed E-state index contributed by atoms with van der Waals surface area (Å²) in [6.45, 7) is 3.52. The molecule has 138 valence electrons. The molecule has 2 fully saturated rings. The molecule has 1 atom stereocenters. The molecule has 1 saturated carbocycles. The first-order chi connectivity index (χ1) is 13.2. The van der Waals surface area contributed by atoms with Gasteiger partial charge in [-0.25, -0.2) is 0 Å². The molecule has 3 aromatic rings. The monoisotopic (exact) mass is 362 g/mol. The molecule has 5 rings (SSSR count). The lowest BCUT2D eigenvalue weighted by Gasteiger charge is -2.15. The number of nitrogens with zero attached hydrogens (tertiary/aromatic N) is 4. The summed E-state index contributed by atoms with van der Waals surface area (Å²) in [5.41, 5.74) is 2.83. The second kappa shape index (κ2) is 6.37. The van der Waals surface area contributed by atoms with Gasteiger partial charge in [0.2, 0.25) is 5.91 Å². The largest absolute Gasteiger partial charge is 0.461 e. The number of rotatable bonds is 5. The number of aryl methyl sites for hydroxylation is 1. The number of carbonyl (C=O) groups is 1. The van der Waals surface area contributed by atoms with Gasteiger partial charge >= 0.3 is 0 Å². The zero-order valence-corrected chi connectivity index (χ0v) is 15.3. The fraction of sp³-hybridized carbons (Fsp3) is 0.381. The van der Waals surface area contributed by atoms with Crippen molar-refractivity contribution < 1.29 is 9.21 Å². The van der Waals surface area contributed by atoms with Gasteiger partial charge in [0.25, 0.3) is 0 Å². The van der Waals surface area contributed by atoms with E-state index in [-0.39, 0.29) is 0 Å². The van der Waals surface area contributed by atoms with Gasteiger partial charge in [-0.05, 0) is 31.9 Å². The molecular weight excluding hydrogens is 340 g/mol. The molecule has 0 spiro atoms. The van der Waals surface area contributed by atoms with E-state index in [1.54, 1.807) is 0 Å². The molecule has 1 aliphatic heterocycles. The Labute approximate surface area is 157 Å². The number of amides is 1. The van der Waals surface area contributed by atoms with E-state index in [1.807, 2.05) is 54.2 Å². The normalized spacial score (nSPS) is 19.8. The molecule has 3 heterocycles. The second-order valence-electron chi connectivity index (χ2n) is 7.63. The maximum absolute atomic E-state index is 12.2. The highest BCUT2D eigenvalue weighted by atomic mass is 16.3. The fourth-order valence-corrected chi connectivity index (χ4v) is 3.95. The minimum absolute atomic E-state index is 0.293. The molecule has 27 heavy (non-hydrogen) atoms. The van der Waals surface area contributed by atoms with E-state index >= 15 is 0 Å². The van der Waals surface area contributed by atoms with Crippen LogP contribution >= 0.6 is 0 Å². The average molecular weight is 362 g/mol. The summed E-state index contributed by atoms with van der Waals surface area (Å²) in [5.74, 6) is 2.32. The third-order valence-electron chi connectivity index (χ3n) is 5.42. The number of benzene rings is 1. The van der Waals surface area contributed by atoms with Crippen LogP contribution in [0.1, 0.15) is 25.0 Å². The van der Waals surface area contributed by atoms with E-state index in [9.17, 15) is 4.79 Å². The van der Waals surface area contributed by atoms with Crippen molar-refractivity contribution in [2.75, 3.05) is 6.54 Å². The van der Waals surface area contributed by atoms with Crippen molar-refractivity contribution in [2.24, 2.45) is 5.92 Å². The molecule has 0 N–H and O–H groups in total. The summed E-state index contributed by atoms with van der Waals surface area (Å²) in [6.07, 6.45) is 4.91. The molecule has 1 aromatic carbocycles. The van der Waals surface area contributed by atoms with Crippen molar-refractivity contribution in [2.45, 2.75) is 38.8 Å². The van der Waals surface area contributed by atoms with Gasteiger partial charge in [0, 0.05) is 42.6 Å². The van der Waals surface area contributed by atoms with Crippen molar-refractivity contribution >= 4 is 5.91 Å². The lowest BCUT2D eigenvalue weighted by atomic mass is 10.0. The molecule has 0 bridgehead atoms. The number of furan rings is 1. The van der Waals surface area contributed by atoms with Gasteiger partial charge in [0.1, 0.15) is 17.2 Å². The van der Waals surface area contributed by atoms with Gasteiger partial charge in [-0.1, -0.05) is 29.5 Å². The van der Waals surface area contributed by atoms with E-state index in [0.717, 1.165) is 54.3 Å². The van der Waals surface area contributed by atoms with Crippen molar-refractivity contribution in [3.05, 3.63) is 48.4 Å². The molecule has 2 aliphatic rings. The van der Waals surface area contributed by atoms with Crippen molar-refractivity contribution in [3.8, 4) is 22.6 Å². The standard InChI is InChI=1S/C21H22N4O2/c1-14-6-9-20(27-14)18-5-3-2-4-17(18)19-13-24(23-22-19)11-15-10-21(26)25(12-15)16-7-8-16/h2-6,9,13,15-16H,7-8,10-12H2,1H3. The maximum Gasteiger partial charge on any atom is 0.223 e. The number of aromatic nitrogens is 3. The quantitative estimate of drug-likeness (QED) is 0.697. The van der Waals surface area contributed by atoms with Crippen LogP contribution in [-0.4, -0.2) is 38.4 Å². The number of likely N-dealkylation sites (tertiary alicyclic amines) is 1. The Hall–Kier alpha value is -2.89. The van der Waals surface area contributed by atoms with Gasteiger partial charge < -0.3 is 9.32 Å². The highest BCUT2D eigenvalue weighted by molar-refractivity contribution is 5.80. The zero-order valence-electron chi connectivity index (χ0n) is 15.3. The van der Waals surface area contributed by atoms with Crippen LogP contribution in [0.3, 0.4) is 0 Å². The van der Waals surface area contributed by atoms with Gasteiger partial charge in [0.05, 0.1) is 6.20 Å². The average Bonchev–Trinajstić information content (AvgIpc) is 3.06. The highest BCUT2D eigenvalue weighted by Crippen LogP contribution is 2.34. The topological polar surface area (TPSA) is 64.2 Å². The minimum Gasteiger partial charge on any atom is -0.461 e. The Morgan fingerprint density at radius 3 is 2.70 bits per heavy atom. The summed E-state index contributed by atoms with van der Waals surface area (Å²) in [5, 5.41) is 8.69. The van der Waals surface area contributed by atoms with Crippen LogP contribution in [-0.2, 0) is 11.3 Å². The predicted octanol–water partition coefficient (Wildman–Crippen LogP) is 3.52. The van der Waals surface area contributed by atoms with E-state index < -0.39 is 0 Å². The summed E-state index contributed by atoms with van der Waals surface area (Å²) in [6, 6.07) is 12.5. The summed E-state index contributed by atoms with van der Waals surface area (Å²) >= 11 is 0. The Bertz CT molecular complexity index is 985. The van der Waals surface area contributed by atoms with Crippen LogP contribution < -0.4 is 0 Å². The molecule has 0 radical (unpaired) electrons. The summed E-state index contributed by atoms with van der Waals surface area (Å²) in [7, 11) is 0. The first kappa shape index (κ1) is 16.3. The third-order valence-corrected chi connectivity index (χ3v) is 5.42. The maximum atomic E-state index is 12.2. The third kappa shape index (κ3) is 3.16. The Morgan fingerprint density at radius 2 is 1.96 bits per heavy atom. The Kier molecular flexibility index (Phi) is 3.85. The molecule has 2 aromatic heterocycles. The Balaban J connectivity index is 1.36. The van der Waals surface area contributed by atoms with Crippen LogP contribution in [0.2, 0.25) is 0 Å². The highest BCUT2D eigenvalue weighted by Gasteiger charge is 2.39. The summed E-state index contributed by atoms with van der Waals surface area (Å²) < 4.78 is 7.67. The first-order valence-electron chi connectivity index (χ1n) is 9.53. The van der Waals surface area contributed by atoms with Crippen LogP contribution in [0.25, 0.3) is 22.6 Å². The zero-order chi connectivity index (χ0) is 18.4. The van der Waals surface area contributed by atoms with Gasteiger partial charge in [-0.3, -0.25) is 9.48 Å². The number of carbonyl (C=O) groups excluding carboxylic acids is 1. The van der Waals surface area contributed by atoms with Crippen LogP contribution in [0, 0.1) is 12.8 Å². The lowest BCUT2D eigenvalue weighted by Crippen LogP contribution is -2.27. The molecule has 6 heteroatoms. The molecule has 6 nitrogen and oxygen atoms in total. The lowest BCUT2D eigenvalue weighted by molar-refractivity contribution is -0.128. The Morgan fingerprint density at radius 1 is 1.15 bits per heavy atom. The fourth-order valence-electron chi connectivity index (χ4n) is 3.95. The first-order valence-corrected chi connectivity index (χ1v) is 9.53. The number of hydrogen-bond acceptors (Lipinski definition) is 4. The smallest absolute Gasteiger partial charge is 0.223 e. The molecule has 1 aliphatic carbocycles.